The Morgan fingerprint density at radius 2 is 1.76 bits per heavy atom. The number of nitrogens with one attached hydrogen (secondary N) is 1. The Balaban J connectivity index is 1.09. The second-order valence-corrected chi connectivity index (χ2v) is 10.4. The summed E-state index contributed by atoms with van der Waals surface area (Å²) in [6.07, 6.45) is 4.58. The number of nitrogens with zero attached hydrogens (tertiary/aromatic N) is 4. The van der Waals surface area contributed by atoms with Crippen LogP contribution in [0.4, 0.5) is 10.5 Å². The zero-order valence-electron chi connectivity index (χ0n) is 20.6. The maximum atomic E-state index is 12.9. The third-order valence-electron chi connectivity index (χ3n) is 6.88. The number of amides is 3. The number of likely N-dealkylation sites (tertiary alicyclic amines) is 2. The van der Waals surface area contributed by atoms with Gasteiger partial charge in [-0.05, 0) is 66.9 Å². The van der Waals surface area contributed by atoms with Gasteiger partial charge in [0.25, 0.3) is 0 Å². The smallest absolute Gasteiger partial charge is 0.410 e. The summed E-state index contributed by atoms with van der Waals surface area (Å²) in [6.45, 7) is 1.40. The predicted molar refractivity (Wildman–Crippen MR) is 143 cm³/mol. The van der Waals surface area contributed by atoms with Crippen LogP contribution in [0.3, 0.4) is 0 Å². The van der Waals surface area contributed by atoms with E-state index in [1.807, 2.05) is 36.5 Å². The Bertz CT molecular complexity index is 1290. The molecule has 2 aliphatic heterocycles. The van der Waals surface area contributed by atoms with Crippen molar-refractivity contribution in [2.24, 2.45) is 5.92 Å². The molecule has 0 aliphatic carbocycles. The number of rotatable bonds is 6. The molecule has 3 amide bonds. The predicted octanol–water partition coefficient (Wildman–Crippen LogP) is 4.77. The molecule has 198 valence electrons. The van der Waals surface area contributed by atoms with Crippen molar-refractivity contribution in [3.05, 3.63) is 76.5 Å². The molecule has 0 bridgehead atoms. The largest absolute Gasteiger partial charge is 0.445 e. The number of ether oxygens (including phenoxy) is 1. The number of anilines is 1. The van der Waals surface area contributed by atoms with Crippen molar-refractivity contribution in [1.29, 1.82) is 0 Å². The molecule has 3 heterocycles. The average molecular weight is 556 g/mol. The van der Waals surface area contributed by atoms with Crippen LogP contribution in [0.2, 0.25) is 10.0 Å². The molecular formula is C27H27Cl2N5O4. The standard InChI is InChI=1S/C27H27Cl2N5O4/c28-20-12-18(13-21(29)15-20)17-38-27(37)32-10-6-23(7-11-32)33-16-19(14-25(33)35)26(36)31-22-2-4-24(5-3-22)34-9-1-8-30-34/h1-5,8-9,12-13,15,19,23H,6-7,10-11,14,16-17H2,(H,31,36). The Morgan fingerprint density at radius 3 is 2.42 bits per heavy atom. The van der Waals surface area contributed by atoms with E-state index in [9.17, 15) is 14.4 Å². The van der Waals surface area contributed by atoms with E-state index in [2.05, 4.69) is 10.4 Å². The van der Waals surface area contributed by atoms with Gasteiger partial charge in [-0.2, -0.15) is 5.10 Å². The number of carbonyl (C=O) groups is 3. The summed E-state index contributed by atoms with van der Waals surface area (Å²) in [5, 5.41) is 8.08. The minimum atomic E-state index is -0.416. The lowest BCUT2D eigenvalue weighted by Gasteiger charge is -2.36. The summed E-state index contributed by atoms with van der Waals surface area (Å²) < 4.78 is 7.16. The van der Waals surface area contributed by atoms with Crippen LogP contribution in [0, 0.1) is 5.92 Å². The van der Waals surface area contributed by atoms with Gasteiger partial charge in [0.2, 0.25) is 11.8 Å². The highest BCUT2D eigenvalue weighted by molar-refractivity contribution is 6.34. The van der Waals surface area contributed by atoms with E-state index in [0.29, 0.717) is 53.8 Å². The van der Waals surface area contributed by atoms with Gasteiger partial charge in [-0.15, -0.1) is 0 Å². The SMILES string of the molecule is O=C(Nc1ccc(-n2cccn2)cc1)C1CC(=O)N(C2CCN(C(=O)OCc3cc(Cl)cc(Cl)c3)CC2)C1. The second kappa shape index (κ2) is 11.4. The van der Waals surface area contributed by atoms with Gasteiger partial charge in [0.05, 0.1) is 11.6 Å². The highest BCUT2D eigenvalue weighted by atomic mass is 35.5. The lowest BCUT2D eigenvalue weighted by Crippen LogP contribution is -2.47. The van der Waals surface area contributed by atoms with Crippen LogP contribution in [0.25, 0.3) is 5.69 Å². The van der Waals surface area contributed by atoms with Crippen molar-refractivity contribution in [1.82, 2.24) is 19.6 Å². The van der Waals surface area contributed by atoms with Crippen LogP contribution in [-0.4, -0.2) is 63.2 Å². The Kier molecular flexibility index (Phi) is 7.85. The quantitative estimate of drug-likeness (QED) is 0.472. The van der Waals surface area contributed by atoms with Gasteiger partial charge >= 0.3 is 6.09 Å². The molecule has 3 aromatic rings. The van der Waals surface area contributed by atoms with Crippen molar-refractivity contribution in [2.75, 3.05) is 25.0 Å². The fraction of sp³-hybridized carbons (Fsp3) is 0.333. The van der Waals surface area contributed by atoms with Crippen LogP contribution in [0.1, 0.15) is 24.8 Å². The van der Waals surface area contributed by atoms with E-state index in [-0.39, 0.29) is 30.9 Å². The van der Waals surface area contributed by atoms with Gasteiger partial charge < -0.3 is 19.9 Å². The summed E-state index contributed by atoms with van der Waals surface area (Å²) in [7, 11) is 0. The minimum Gasteiger partial charge on any atom is -0.445 e. The Labute approximate surface area is 230 Å². The first-order valence-electron chi connectivity index (χ1n) is 12.4. The molecule has 1 aromatic heterocycles. The van der Waals surface area contributed by atoms with E-state index in [4.69, 9.17) is 27.9 Å². The molecule has 1 N–H and O–H groups in total. The zero-order valence-corrected chi connectivity index (χ0v) is 22.1. The van der Waals surface area contributed by atoms with E-state index in [1.165, 1.54) is 0 Å². The minimum absolute atomic E-state index is 0.00978. The number of halogens is 2. The van der Waals surface area contributed by atoms with Crippen molar-refractivity contribution in [3.8, 4) is 5.69 Å². The van der Waals surface area contributed by atoms with Gasteiger partial charge in [0, 0.05) is 60.2 Å². The molecule has 2 aliphatic rings. The van der Waals surface area contributed by atoms with Crippen molar-refractivity contribution < 1.29 is 19.1 Å². The molecule has 1 unspecified atom stereocenters. The van der Waals surface area contributed by atoms with Crippen LogP contribution in [0.15, 0.2) is 60.9 Å². The summed E-state index contributed by atoms with van der Waals surface area (Å²) in [5.74, 6) is -0.617. The first-order valence-corrected chi connectivity index (χ1v) is 13.2. The van der Waals surface area contributed by atoms with Gasteiger partial charge in [-0.3, -0.25) is 9.59 Å². The fourth-order valence-corrected chi connectivity index (χ4v) is 5.49. The monoisotopic (exact) mass is 555 g/mol. The normalized spacial score (nSPS) is 18.1. The maximum absolute atomic E-state index is 12.9. The number of benzene rings is 2. The summed E-state index contributed by atoms with van der Waals surface area (Å²) in [4.78, 5) is 41.6. The third kappa shape index (κ3) is 6.11. The average Bonchev–Trinajstić information content (AvgIpc) is 3.58. The van der Waals surface area contributed by atoms with Crippen LogP contribution < -0.4 is 5.32 Å². The highest BCUT2D eigenvalue weighted by Crippen LogP contribution is 2.27. The van der Waals surface area contributed by atoms with Gasteiger partial charge in [0.15, 0.2) is 0 Å². The number of carbonyl (C=O) groups excluding carboxylic acids is 3. The highest BCUT2D eigenvalue weighted by Gasteiger charge is 2.39. The first kappa shape index (κ1) is 26.1. The number of aromatic nitrogens is 2. The van der Waals surface area contributed by atoms with E-state index >= 15 is 0 Å². The molecule has 2 saturated heterocycles. The first-order chi connectivity index (χ1) is 18.4. The fourth-order valence-electron chi connectivity index (χ4n) is 4.91. The van der Waals surface area contributed by atoms with Crippen molar-refractivity contribution in [3.63, 3.8) is 0 Å². The van der Waals surface area contributed by atoms with Gasteiger partial charge in [-0.25, -0.2) is 9.48 Å². The van der Waals surface area contributed by atoms with Crippen LogP contribution in [0.5, 0.6) is 0 Å². The molecule has 11 heteroatoms. The number of hydrogen-bond acceptors (Lipinski definition) is 5. The van der Waals surface area contributed by atoms with Crippen molar-refractivity contribution in [2.45, 2.75) is 31.9 Å². The number of piperidine rings is 1. The van der Waals surface area contributed by atoms with Gasteiger partial charge in [0.1, 0.15) is 6.61 Å². The van der Waals surface area contributed by atoms with Crippen LogP contribution >= 0.6 is 23.2 Å². The molecule has 0 spiro atoms. The molecule has 9 nitrogen and oxygen atoms in total. The van der Waals surface area contributed by atoms with Gasteiger partial charge in [-0.1, -0.05) is 23.2 Å². The lowest BCUT2D eigenvalue weighted by molar-refractivity contribution is -0.130. The molecular weight excluding hydrogens is 529 g/mol. The van der Waals surface area contributed by atoms with E-state index in [0.717, 1.165) is 5.69 Å². The maximum Gasteiger partial charge on any atom is 0.410 e. The molecule has 2 aromatic carbocycles. The molecule has 2 fully saturated rings. The molecule has 0 radical (unpaired) electrons. The molecule has 38 heavy (non-hydrogen) atoms. The second-order valence-electron chi connectivity index (χ2n) is 9.48. The Hall–Kier alpha value is -3.56. The van der Waals surface area contributed by atoms with E-state index in [1.54, 1.807) is 38.9 Å². The summed E-state index contributed by atoms with van der Waals surface area (Å²) >= 11 is 12.0. The van der Waals surface area contributed by atoms with E-state index < -0.39 is 12.0 Å². The molecule has 0 saturated carbocycles. The number of hydrogen-bond donors (Lipinski definition) is 1. The summed E-state index contributed by atoms with van der Waals surface area (Å²) in [5.41, 5.74) is 2.27. The van der Waals surface area contributed by atoms with Crippen molar-refractivity contribution >= 4 is 46.8 Å². The lowest BCUT2D eigenvalue weighted by atomic mass is 10.0. The molecule has 1 atom stereocenters. The summed E-state index contributed by atoms with van der Waals surface area (Å²) in [6, 6.07) is 14.2. The topological polar surface area (TPSA) is 96.8 Å². The van der Waals surface area contributed by atoms with Crippen LogP contribution in [-0.2, 0) is 20.9 Å². The molecule has 5 rings (SSSR count). The third-order valence-corrected chi connectivity index (χ3v) is 7.32. The Morgan fingerprint density at radius 1 is 1.05 bits per heavy atom. The zero-order chi connectivity index (χ0) is 26.6.